The first-order valence-corrected chi connectivity index (χ1v) is 25.1. The summed E-state index contributed by atoms with van der Waals surface area (Å²) >= 11 is 0. The van der Waals surface area contributed by atoms with Crippen molar-refractivity contribution in [3.63, 3.8) is 0 Å². The fourth-order valence-corrected chi connectivity index (χ4v) is 6.85. The van der Waals surface area contributed by atoms with Crippen LogP contribution in [0.3, 0.4) is 0 Å². The van der Waals surface area contributed by atoms with Crippen LogP contribution >= 0.6 is 7.82 Å². The van der Waals surface area contributed by atoms with Gasteiger partial charge < -0.3 is 20.1 Å². The Balaban J connectivity index is 4.19. The van der Waals surface area contributed by atoms with E-state index in [-0.39, 0.29) is 32.6 Å². The number of hydrogen-bond acceptors (Lipinski definition) is 8. The Kier molecular flexibility index (Phi) is 43.6. The molecular formula is C50H86NO8P. The van der Waals surface area contributed by atoms with Crippen LogP contribution in [-0.2, 0) is 32.7 Å². The SMILES string of the molecule is CC/C=C\C/C=C\C/C=C\C/C=C\C/C=C\C/C=C\C/C=C\CCCCCC(=O)OC(COC(=O)CCCCCCCCCCCCCCCC)COP(=O)(O)OCCN. The number of ether oxygens (including phenoxy) is 2. The normalized spacial score (nSPS) is 14.0. The maximum Gasteiger partial charge on any atom is 0.472 e. The summed E-state index contributed by atoms with van der Waals surface area (Å²) in [6.45, 7) is 3.57. The monoisotopic (exact) mass is 860 g/mol. The molecule has 0 fully saturated rings. The molecule has 10 heteroatoms. The molecule has 0 aromatic rings. The van der Waals surface area contributed by atoms with Gasteiger partial charge in [-0.1, -0.05) is 189 Å². The van der Waals surface area contributed by atoms with Crippen molar-refractivity contribution >= 4 is 19.8 Å². The molecule has 0 aliphatic carbocycles. The second-order valence-electron chi connectivity index (χ2n) is 15.2. The minimum Gasteiger partial charge on any atom is -0.462 e. The predicted molar refractivity (Wildman–Crippen MR) is 252 cm³/mol. The van der Waals surface area contributed by atoms with Crippen molar-refractivity contribution in [2.45, 2.75) is 193 Å². The summed E-state index contributed by atoms with van der Waals surface area (Å²) < 4.78 is 32.8. The Bertz CT molecular complexity index is 1250. The first-order chi connectivity index (χ1) is 29.3. The maximum absolute atomic E-state index is 12.6. The second-order valence-corrected chi connectivity index (χ2v) is 16.7. The lowest BCUT2D eigenvalue weighted by Gasteiger charge is -2.19. The van der Waals surface area contributed by atoms with Crippen molar-refractivity contribution < 1.29 is 37.6 Å². The fraction of sp³-hybridized carbons (Fsp3) is 0.680. The molecule has 344 valence electrons. The van der Waals surface area contributed by atoms with E-state index in [9.17, 15) is 19.0 Å². The number of nitrogens with two attached hydrogens (primary N) is 1. The topological polar surface area (TPSA) is 134 Å². The number of hydrogen-bond donors (Lipinski definition) is 2. The molecule has 0 aromatic carbocycles. The lowest BCUT2D eigenvalue weighted by molar-refractivity contribution is -0.161. The quantitative estimate of drug-likeness (QED) is 0.0266. The van der Waals surface area contributed by atoms with Crippen molar-refractivity contribution in [3.8, 4) is 0 Å². The van der Waals surface area contributed by atoms with Crippen LogP contribution in [0.1, 0.15) is 187 Å². The highest BCUT2D eigenvalue weighted by molar-refractivity contribution is 7.47. The zero-order valence-corrected chi connectivity index (χ0v) is 38.8. The molecule has 0 bridgehead atoms. The minimum absolute atomic E-state index is 0.0441. The zero-order valence-electron chi connectivity index (χ0n) is 37.9. The lowest BCUT2D eigenvalue weighted by atomic mass is 10.0. The highest BCUT2D eigenvalue weighted by Gasteiger charge is 2.26. The van der Waals surface area contributed by atoms with Crippen molar-refractivity contribution in [2.24, 2.45) is 5.73 Å². The average Bonchev–Trinajstić information content (AvgIpc) is 3.24. The van der Waals surface area contributed by atoms with E-state index < -0.39 is 32.5 Å². The number of phosphoric acid groups is 1. The van der Waals surface area contributed by atoms with Crippen LogP contribution in [0.25, 0.3) is 0 Å². The third-order valence-electron chi connectivity index (χ3n) is 9.55. The molecular weight excluding hydrogens is 774 g/mol. The molecule has 3 N–H and O–H groups in total. The van der Waals surface area contributed by atoms with E-state index in [2.05, 4.69) is 98.9 Å². The van der Waals surface area contributed by atoms with E-state index in [0.29, 0.717) is 6.42 Å². The Labute approximate surface area is 366 Å². The number of rotatable bonds is 43. The van der Waals surface area contributed by atoms with E-state index >= 15 is 0 Å². The lowest BCUT2D eigenvalue weighted by Crippen LogP contribution is -2.29. The molecule has 2 atom stereocenters. The zero-order chi connectivity index (χ0) is 43.9. The first kappa shape index (κ1) is 57.2. The van der Waals surface area contributed by atoms with Crippen LogP contribution < -0.4 is 5.73 Å². The van der Waals surface area contributed by atoms with Crippen molar-refractivity contribution in [1.29, 1.82) is 0 Å². The largest absolute Gasteiger partial charge is 0.472 e. The molecule has 0 spiro atoms. The number of phosphoric ester groups is 1. The van der Waals surface area contributed by atoms with Gasteiger partial charge >= 0.3 is 19.8 Å². The van der Waals surface area contributed by atoms with Crippen LogP contribution in [0.2, 0.25) is 0 Å². The van der Waals surface area contributed by atoms with Gasteiger partial charge in [-0.3, -0.25) is 18.6 Å². The molecule has 0 saturated heterocycles. The summed E-state index contributed by atoms with van der Waals surface area (Å²) in [6, 6.07) is 0. The van der Waals surface area contributed by atoms with Crippen LogP contribution in [-0.4, -0.2) is 49.3 Å². The van der Waals surface area contributed by atoms with Gasteiger partial charge in [-0.2, -0.15) is 0 Å². The Hall–Kier alpha value is -2.81. The maximum atomic E-state index is 12.6. The number of unbranched alkanes of at least 4 members (excludes halogenated alkanes) is 16. The van der Waals surface area contributed by atoms with E-state index in [4.69, 9.17) is 24.3 Å². The van der Waals surface area contributed by atoms with Crippen molar-refractivity contribution in [1.82, 2.24) is 0 Å². The van der Waals surface area contributed by atoms with Gasteiger partial charge in [0, 0.05) is 19.4 Å². The summed E-state index contributed by atoms with van der Waals surface area (Å²) in [5.41, 5.74) is 5.35. The molecule has 0 rings (SSSR count). The van der Waals surface area contributed by atoms with E-state index in [0.717, 1.165) is 83.5 Å². The highest BCUT2D eigenvalue weighted by atomic mass is 31.2. The molecule has 0 heterocycles. The fourth-order valence-electron chi connectivity index (χ4n) is 6.08. The molecule has 60 heavy (non-hydrogen) atoms. The highest BCUT2D eigenvalue weighted by Crippen LogP contribution is 2.43. The Morgan fingerprint density at radius 2 is 0.917 bits per heavy atom. The third-order valence-corrected chi connectivity index (χ3v) is 10.5. The Morgan fingerprint density at radius 1 is 0.517 bits per heavy atom. The van der Waals surface area contributed by atoms with Gasteiger partial charge in [0.15, 0.2) is 6.10 Å². The minimum atomic E-state index is -4.39. The molecule has 0 amide bonds. The van der Waals surface area contributed by atoms with Gasteiger partial charge in [0.25, 0.3) is 0 Å². The van der Waals surface area contributed by atoms with Crippen molar-refractivity contribution in [2.75, 3.05) is 26.4 Å². The van der Waals surface area contributed by atoms with Gasteiger partial charge in [0.05, 0.1) is 13.2 Å². The molecule has 0 aliphatic rings. The van der Waals surface area contributed by atoms with E-state index in [1.807, 2.05) is 0 Å². The summed E-state index contributed by atoms with van der Waals surface area (Å²) in [5.74, 6) is -0.870. The molecule has 0 radical (unpaired) electrons. The van der Waals surface area contributed by atoms with Crippen LogP contribution in [0.4, 0.5) is 0 Å². The van der Waals surface area contributed by atoms with Gasteiger partial charge in [-0.25, -0.2) is 4.57 Å². The van der Waals surface area contributed by atoms with Crippen molar-refractivity contribution in [3.05, 3.63) is 85.1 Å². The molecule has 9 nitrogen and oxygen atoms in total. The first-order valence-electron chi connectivity index (χ1n) is 23.6. The molecule has 2 unspecified atom stereocenters. The van der Waals surface area contributed by atoms with Gasteiger partial charge in [0.1, 0.15) is 6.61 Å². The smallest absolute Gasteiger partial charge is 0.462 e. The predicted octanol–water partition coefficient (Wildman–Crippen LogP) is 14.0. The van der Waals surface area contributed by atoms with Crippen LogP contribution in [0.15, 0.2) is 85.1 Å². The van der Waals surface area contributed by atoms with E-state index in [1.54, 1.807) is 0 Å². The average molecular weight is 860 g/mol. The summed E-state index contributed by atoms with van der Waals surface area (Å²) in [6.07, 6.45) is 57.6. The Morgan fingerprint density at radius 3 is 1.37 bits per heavy atom. The molecule has 0 saturated carbocycles. The summed E-state index contributed by atoms with van der Waals surface area (Å²) in [5, 5.41) is 0. The summed E-state index contributed by atoms with van der Waals surface area (Å²) in [4.78, 5) is 34.9. The number of carbonyl (C=O) groups is 2. The number of allylic oxidation sites excluding steroid dienone is 14. The van der Waals surface area contributed by atoms with Gasteiger partial charge in [-0.05, 0) is 70.6 Å². The number of esters is 2. The standard InChI is InChI=1S/C50H86NO8P/c1-3-5-7-9-11-13-15-17-19-20-21-22-23-24-25-26-27-28-29-31-33-35-37-39-41-43-50(53)59-48(47-58-60(54,55)57-45-44-51)46-56-49(52)42-40-38-36-34-32-30-18-16-14-12-10-8-6-4-2/h5,7,11,13,17,19,21-22,24-25,27-28,31,33,48H,3-4,6,8-10,12,14-16,18,20,23,26,29-30,32,34-47,51H2,1-2H3,(H,54,55)/b7-5-,13-11-,19-17-,22-21-,25-24-,28-27-,33-31-. The molecule has 0 aliphatic heterocycles. The van der Waals surface area contributed by atoms with Crippen LogP contribution in [0, 0.1) is 0 Å². The third kappa shape index (κ3) is 44.7. The van der Waals surface area contributed by atoms with Gasteiger partial charge in [0.2, 0.25) is 0 Å². The van der Waals surface area contributed by atoms with E-state index in [1.165, 1.54) is 70.6 Å². The van der Waals surface area contributed by atoms with Gasteiger partial charge in [-0.15, -0.1) is 0 Å². The number of carbonyl (C=O) groups excluding carboxylic acids is 2. The molecule has 0 aromatic heterocycles. The van der Waals surface area contributed by atoms with Crippen LogP contribution in [0.5, 0.6) is 0 Å². The second kappa shape index (κ2) is 45.7. The summed E-state index contributed by atoms with van der Waals surface area (Å²) in [7, 11) is -4.39.